The van der Waals surface area contributed by atoms with Gasteiger partial charge in [-0.25, -0.2) is 4.39 Å². The molecule has 0 fully saturated rings. The van der Waals surface area contributed by atoms with Gasteiger partial charge in [-0.1, -0.05) is 0 Å². The Morgan fingerprint density at radius 2 is 2.38 bits per heavy atom. The molecule has 86 valence electrons. The molecule has 0 aliphatic carbocycles. The zero-order valence-corrected chi connectivity index (χ0v) is 8.54. The van der Waals surface area contributed by atoms with Crippen molar-refractivity contribution < 1.29 is 23.8 Å². The Kier molecular flexibility index (Phi) is 2.66. The first-order valence-electron chi connectivity index (χ1n) is 4.64. The Morgan fingerprint density at radius 3 is 3.06 bits per heavy atom. The Balaban J connectivity index is 2.54. The topological polar surface area (TPSA) is 67.8 Å². The van der Waals surface area contributed by atoms with Crippen molar-refractivity contribution >= 4 is 5.78 Å². The highest BCUT2D eigenvalue weighted by molar-refractivity contribution is 6.03. The summed E-state index contributed by atoms with van der Waals surface area (Å²) in [5.74, 6) is -1.83. The second-order valence-electron chi connectivity index (χ2n) is 3.27. The van der Waals surface area contributed by atoms with Gasteiger partial charge in [-0.3, -0.25) is 4.79 Å². The van der Waals surface area contributed by atoms with Crippen LogP contribution in [0, 0.1) is 5.82 Å². The molecule has 1 aromatic carbocycles. The van der Waals surface area contributed by atoms with E-state index >= 15 is 0 Å². The molecule has 0 radical (unpaired) electrons. The fourth-order valence-electron chi connectivity index (χ4n) is 1.51. The lowest BCUT2D eigenvalue weighted by Gasteiger charge is -2.07. The average molecular weight is 227 g/mol. The van der Waals surface area contributed by atoms with Crippen LogP contribution in [0.25, 0.3) is 0 Å². The number of Topliss-reactive ketones (excluding diaryl/α,β-unsaturated/α-hetero) is 1. The number of carbonyl (C=O) groups excluding carboxylic acids is 1. The molecular weight excluding hydrogens is 217 g/mol. The Morgan fingerprint density at radius 1 is 1.62 bits per heavy atom. The number of phenolic OH excluding ortho intramolecular Hbond substituents is 1. The number of phenols is 1. The highest BCUT2D eigenvalue weighted by atomic mass is 19.1. The molecule has 1 heterocycles. The molecule has 2 rings (SSSR count). The first-order valence-corrected chi connectivity index (χ1v) is 4.64. The van der Waals surface area contributed by atoms with Crippen molar-refractivity contribution in [3.8, 4) is 17.2 Å². The summed E-state index contributed by atoms with van der Waals surface area (Å²) in [6.45, 7) is -0.106. The molecule has 0 atom stereocenters. The van der Waals surface area contributed by atoms with E-state index in [2.05, 4.69) is 5.32 Å². The maximum absolute atomic E-state index is 13.3. The van der Waals surface area contributed by atoms with Gasteiger partial charge in [0.2, 0.25) is 6.79 Å². The Labute approximate surface area is 90.8 Å². The largest absolute Gasteiger partial charge is 0.504 e. The predicted octanol–water partition coefficient (Wildman–Crippen LogP) is 0.662. The molecule has 0 saturated carbocycles. The van der Waals surface area contributed by atoms with E-state index in [-0.39, 0.29) is 30.4 Å². The fraction of sp³-hybridized carbons (Fsp3) is 0.300. The van der Waals surface area contributed by atoms with Gasteiger partial charge in [0.05, 0.1) is 6.54 Å². The average Bonchev–Trinajstić information content (AvgIpc) is 2.67. The van der Waals surface area contributed by atoms with E-state index in [4.69, 9.17) is 9.47 Å². The second kappa shape index (κ2) is 3.97. The summed E-state index contributed by atoms with van der Waals surface area (Å²) in [6, 6.07) is 0.994. The highest BCUT2D eigenvalue weighted by Crippen LogP contribution is 2.42. The van der Waals surface area contributed by atoms with Gasteiger partial charge < -0.3 is 19.9 Å². The van der Waals surface area contributed by atoms with Gasteiger partial charge in [-0.2, -0.15) is 0 Å². The first kappa shape index (κ1) is 10.7. The number of hydrogen-bond donors (Lipinski definition) is 2. The molecule has 0 spiro atoms. The smallest absolute Gasteiger partial charge is 0.231 e. The van der Waals surface area contributed by atoms with Gasteiger partial charge in [0.1, 0.15) is 5.56 Å². The van der Waals surface area contributed by atoms with Gasteiger partial charge in [-0.15, -0.1) is 0 Å². The molecule has 0 unspecified atom stereocenters. The van der Waals surface area contributed by atoms with E-state index in [1.165, 1.54) is 0 Å². The lowest BCUT2D eigenvalue weighted by molar-refractivity contribution is 0.0985. The Bertz CT molecular complexity index is 447. The number of benzene rings is 1. The summed E-state index contributed by atoms with van der Waals surface area (Å²) >= 11 is 0. The maximum atomic E-state index is 13.3. The number of ketones is 1. The summed E-state index contributed by atoms with van der Waals surface area (Å²) < 4.78 is 23.3. The van der Waals surface area contributed by atoms with Crippen molar-refractivity contribution in [1.82, 2.24) is 5.32 Å². The number of carbonyl (C=O) groups is 1. The van der Waals surface area contributed by atoms with Crippen molar-refractivity contribution in [2.75, 3.05) is 20.4 Å². The SMILES string of the molecule is CNCC(=O)c1c(O)c(F)cc2c1OCO2. The van der Waals surface area contributed by atoms with Crippen LogP contribution in [0.5, 0.6) is 17.2 Å². The van der Waals surface area contributed by atoms with Gasteiger partial charge in [0.25, 0.3) is 0 Å². The van der Waals surface area contributed by atoms with Crippen molar-refractivity contribution in [2.45, 2.75) is 0 Å². The van der Waals surface area contributed by atoms with E-state index in [1.807, 2.05) is 0 Å². The molecule has 0 aromatic heterocycles. The molecule has 1 aromatic rings. The van der Waals surface area contributed by atoms with Crippen LogP contribution in [0.3, 0.4) is 0 Å². The minimum Gasteiger partial charge on any atom is -0.504 e. The lowest BCUT2D eigenvalue weighted by atomic mass is 10.1. The molecule has 0 saturated heterocycles. The van der Waals surface area contributed by atoms with Crippen molar-refractivity contribution in [2.24, 2.45) is 0 Å². The molecule has 1 aliphatic heterocycles. The van der Waals surface area contributed by atoms with E-state index in [9.17, 15) is 14.3 Å². The first-order chi connectivity index (χ1) is 7.65. The summed E-state index contributed by atoms with van der Waals surface area (Å²) in [5, 5.41) is 12.1. The minimum absolute atomic E-state index is 0.0210. The number of likely N-dealkylation sites (N-methyl/N-ethyl adjacent to an activating group) is 1. The third-order valence-electron chi connectivity index (χ3n) is 2.21. The lowest BCUT2D eigenvalue weighted by Crippen LogP contribution is -2.19. The fourth-order valence-corrected chi connectivity index (χ4v) is 1.51. The summed E-state index contributed by atoms with van der Waals surface area (Å²) in [7, 11) is 1.58. The van der Waals surface area contributed by atoms with Gasteiger partial charge in [0, 0.05) is 6.07 Å². The third-order valence-corrected chi connectivity index (χ3v) is 2.21. The molecular formula is C10H10FNO4. The van der Waals surface area contributed by atoms with E-state index < -0.39 is 17.3 Å². The standard InChI is InChI=1S/C10H10FNO4/c1-12-3-6(13)8-9(14)5(11)2-7-10(8)16-4-15-7/h2,12,14H,3-4H2,1H3. The van der Waals surface area contributed by atoms with E-state index in [0.29, 0.717) is 0 Å². The summed E-state index contributed by atoms with van der Waals surface area (Å²) in [4.78, 5) is 11.7. The molecule has 2 N–H and O–H groups in total. The monoisotopic (exact) mass is 227 g/mol. The number of ether oxygens (including phenoxy) is 2. The molecule has 5 nitrogen and oxygen atoms in total. The van der Waals surface area contributed by atoms with Crippen LogP contribution in [-0.4, -0.2) is 31.3 Å². The van der Waals surface area contributed by atoms with Crippen molar-refractivity contribution in [3.63, 3.8) is 0 Å². The number of hydrogen-bond acceptors (Lipinski definition) is 5. The van der Waals surface area contributed by atoms with E-state index in [1.54, 1.807) is 7.05 Å². The molecule has 16 heavy (non-hydrogen) atoms. The van der Waals surface area contributed by atoms with Crippen molar-refractivity contribution in [1.29, 1.82) is 0 Å². The van der Waals surface area contributed by atoms with Crippen LogP contribution >= 0.6 is 0 Å². The minimum atomic E-state index is -0.899. The molecule has 6 heteroatoms. The molecule has 1 aliphatic rings. The van der Waals surface area contributed by atoms with Crippen LogP contribution in [0.15, 0.2) is 6.07 Å². The van der Waals surface area contributed by atoms with Gasteiger partial charge in [0.15, 0.2) is 28.8 Å². The van der Waals surface area contributed by atoms with Crippen LogP contribution in [0.2, 0.25) is 0 Å². The third kappa shape index (κ3) is 1.57. The van der Waals surface area contributed by atoms with Crippen molar-refractivity contribution in [3.05, 3.63) is 17.4 Å². The predicted molar refractivity (Wildman–Crippen MR) is 52.4 cm³/mol. The number of rotatable bonds is 3. The quantitative estimate of drug-likeness (QED) is 0.742. The highest BCUT2D eigenvalue weighted by Gasteiger charge is 2.28. The van der Waals surface area contributed by atoms with Gasteiger partial charge in [-0.05, 0) is 7.05 Å². The summed E-state index contributed by atoms with van der Waals surface area (Å²) in [6.07, 6.45) is 0. The summed E-state index contributed by atoms with van der Waals surface area (Å²) in [5.41, 5.74) is -0.179. The van der Waals surface area contributed by atoms with Crippen LogP contribution in [0.1, 0.15) is 10.4 Å². The van der Waals surface area contributed by atoms with Crippen LogP contribution in [-0.2, 0) is 0 Å². The zero-order valence-electron chi connectivity index (χ0n) is 8.54. The Hall–Kier alpha value is -1.82. The normalized spacial score (nSPS) is 12.9. The number of aromatic hydroxyl groups is 1. The van der Waals surface area contributed by atoms with Crippen LogP contribution in [0.4, 0.5) is 4.39 Å². The maximum Gasteiger partial charge on any atom is 0.231 e. The van der Waals surface area contributed by atoms with Crippen LogP contribution < -0.4 is 14.8 Å². The number of fused-ring (bicyclic) bond motifs is 1. The second-order valence-corrected chi connectivity index (χ2v) is 3.27. The number of halogens is 1. The molecule has 0 amide bonds. The van der Waals surface area contributed by atoms with E-state index in [0.717, 1.165) is 6.07 Å². The van der Waals surface area contributed by atoms with Gasteiger partial charge >= 0.3 is 0 Å². The number of nitrogens with one attached hydrogen (secondary N) is 1. The molecule has 0 bridgehead atoms. The zero-order chi connectivity index (χ0) is 11.7.